The fraction of sp³-hybridized carbons (Fsp3) is 0.611. The average Bonchev–Trinajstić information content (AvgIpc) is 2.23. The topological polar surface area (TPSA) is 55.1 Å². The Hall–Kier alpha value is -1.51. The smallest absolute Gasteiger partial charge is 0.253 e. The van der Waals surface area contributed by atoms with Gasteiger partial charge in [-0.2, -0.15) is 0 Å². The van der Waals surface area contributed by atoms with Gasteiger partial charge in [0.25, 0.3) is 5.91 Å². The Balaban J connectivity index is 2.16. The Labute approximate surface area is 128 Å². The summed E-state index contributed by atoms with van der Waals surface area (Å²) in [6, 6.07) is 5.82. The third-order valence-corrected chi connectivity index (χ3v) is 4.42. The zero-order chi connectivity index (χ0) is 15.8. The van der Waals surface area contributed by atoms with Gasteiger partial charge in [-0.05, 0) is 48.6 Å². The second-order valence-electron chi connectivity index (χ2n) is 8.12. The van der Waals surface area contributed by atoms with Crippen LogP contribution in [0, 0.1) is 17.8 Å². The summed E-state index contributed by atoms with van der Waals surface area (Å²) in [5.41, 5.74) is 8.61. The highest BCUT2D eigenvalue weighted by molar-refractivity contribution is 6.00. The maximum absolute atomic E-state index is 12.6. The van der Waals surface area contributed by atoms with Crippen molar-refractivity contribution in [3.8, 4) is 0 Å². The van der Waals surface area contributed by atoms with Crippen LogP contribution in [0.1, 0.15) is 62.9 Å². The first-order valence-electron chi connectivity index (χ1n) is 7.76. The Morgan fingerprint density at radius 2 is 1.76 bits per heavy atom. The summed E-state index contributed by atoms with van der Waals surface area (Å²) < 4.78 is 0. The predicted molar refractivity (Wildman–Crippen MR) is 88.3 cm³/mol. The molecule has 0 unspecified atom stereocenters. The van der Waals surface area contributed by atoms with Crippen molar-refractivity contribution in [2.75, 3.05) is 5.73 Å². The van der Waals surface area contributed by atoms with Crippen molar-refractivity contribution in [2.24, 2.45) is 10.8 Å². The van der Waals surface area contributed by atoms with Crippen LogP contribution in [0.4, 0.5) is 5.69 Å². The van der Waals surface area contributed by atoms with Crippen molar-refractivity contribution in [3.63, 3.8) is 0 Å². The first-order valence-corrected chi connectivity index (χ1v) is 7.76. The molecule has 0 atom stereocenters. The quantitative estimate of drug-likeness (QED) is 0.811. The van der Waals surface area contributed by atoms with Gasteiger partial charge in [-0.3, -0.25) is 4.79 Å². The summed E-state index contributed by atoms with van der Waals surface area (Å²) in [7, 11) is 0. The number of nitrogens with one attached hydrogen (secondary N) is 1. The van der Waals surface area contributed by atoms with Gasteiger partial charge in [0.1, 0.15) is 0 Å². The van der Waals surface area contributed by atoms with E-state index >= 15 is 0 Å². The number of hydrogen-bond acceptors (Lipinski definition) is 2. The van der Waals surface area contributed by atoms with Crippen molar-refractivity contribution in [1.82, 2.24) is 5.32 Å². The minimum atomic E-state index is -0.0379. The number of anilines is 1. The fourth-order valence-electron chi connectivity index (χ4n) is 4.21. The molecule has 3 N–H and O–H groups in total. The molecule has 0 aliphatic heterocycles. The van der Waals surface area contributed by atoms with E-state index in [1.807, 2.05) is 19.1 Å². The maximum atomic E-state index is 12.6. The summed E-state index contributed by atoms with van der Waals surface area (Å²) in [6.07, 6.45) is 3.24. The van der Waals surface area contributed by atoms with E-state index in [2.05, 4.69) is 33.0 Å². The highest BCUT2D eigenvalue weighted by Gasteiger charge is 2.39. The number of hydrogen-bond donors (Lipinski definition) is 2. The molecule has 1 amide bonds. The third-order valence-electron chi connectivity index (χ3n) is 4.42. The molecule has 21 heavy (non-hydrogen) atoms. The molecule has 0 aromatic heterocycles. The van der Waals surface area contributed by atoms with Gasteiger partial charge in [-0.1, -0.05) is 39.8 Å². The van der Waals surface area contributed by atoms with Gasteiger partial charge in [-0.15, -0.1) is 0 Å². The van der Waals surface area contributed by atoms with Gasteiger partial charge in [0.05, 0.1) is 5.56 Å². The van der Waals surface area contributed by atoms with Crippen LogP contribution in [0.3, 0.4) is 0 Å². The van der Waals surface area contributed by atoms with E-state index in [-0.39, 0.29) is 22.8 Å². The Morgan fingerprint density at radius 3 is 2.29 bits per heavy atom. The lowest BCUT2D eigenvalue weighted by Gasteiger charge is -2.45. The lowest BCUT2D eigenvalue weighted by Crippen LogP contribution is -2.46. The van der Waals surface area contributed by atoms with Gasteiger partial charge in [-0.25, -0.2) is 0 Å². The molecule has 3 nitrogen and oxygen atoms in total. The van der Waals surface area contributed by atoms with Crippen LogP contribution in [0.15, 0.2) is 18.2 Å². The predicted octanol–water partition coefficient (Wildman–Crippen LogP) is 3.91. The number of rotatable bonds is 2. The zero-order valence-electron chi connectivity index (χ0n) is 13.9. The minimum absolute atomic E-state index is 0.0379. The number of amides is 1. The molecule has 1 saturated carbocycles. The molecule has 0 heterocycles. The molecule has 2 rings (SSSR count). The number of benzene rings is 1. The maximum Gasteiger partial charge on any atom is 0.253 e. The second kappa shape index (κ2) is 5.36. The molecular formula is C18H28N2O. The minimum Gasteiger partial charge on any atom is -0.398 e. The molecule has 0 bridgehead atoms. The summed E-state index contributed by atoms with van der Waals surface area (Å²) in [5, 5.41) is 3.21. The largest absolute Gasteiger partial charge is 0.398 e. The van der Waals surface area contributed by atoms with Crippen molar-refractivity contribution >= 4 is 11.6 Å². The highest BCUT2D eigenvalue weighted by Crippen LogP contribution is 2.45. The normalized spacial score (nSPS) is 21.0. The van der Waals surface area contributed by atoms with Crippen molar-refractivity contribution in [2.45, 2.75) is 59.9 Å². The van der Waals surface area contributed by atoms with Crippen LogP contribution in [0.5, 0.6) is 0 Å². The number of nitrogens with two attached hydrogens (primary N) is 1. The van der Waals surface area contributed by atoms with E-state index in [1.54, 1.807) is 6.07 Å². The zero-order valence-corrected chi connectivity index (χ0v) is 13.9. The Morgan fingerprint density at radius 1 is 1.19 bits per heavy atom. The molecule has 1 fully saturated rings. The number of nitrogen functional groups attached to an aromatic ring is 1. The van der Waals surface area contributed by atoms with E-state index in [4.69, 9.17) is 5.73 Å². The van der Waals surface area contributed by atoms with Crippen molar-refractivity contribution in [1.29, 1.82) is 0 Å². The van der Waals surface area contributed by atoms with E-state index in [1.165, 1.54) is 6.42 Å². The molecule has 1 aromatic carbocycles. The molecule has 0 saturated heterocycles. The molecule has 0 radical (unpaired) electrons. The lowest BCUT2D eigenvalue weighted by atomic mass is 9.63. The molecule has 1 aliphatic rings. The van der Waals surface area contributed by atoms with Crippen LogP contribution in [-0.4, -0.2) is 11.9 Å². The van der Waals surface area contributed by atoms with Crippen LogP contribution in [-0.2, 0) is 0 Å². The van der Waals surface area contributed by atoms with E-state index in [0.717, 1.165) is 18.4 Å². The van der Waals surface area contributed by atoms with Gasteiger partial charge in [0, 0.05) is 11.7 Å². The average molecular weight is 288 g/mol. The summed E-state index contributed by atoms with van der Waals surface area (Å²) >= 11 is 0. The van der Waals surface area contributed by atoms with Crippen LogP contribution in [0.25, 0.3) is 0 Å². The molecule has 0 spiro atoms. The van der Waals surface area contributed by atoms with Gasteiger partial charge in [0.2, 0.25) is 0 Å². The standard InChI is InChI=1S/C18H28N2O/c1-12-7-6-8-14(19)15(12)16(21)20-13-9-17(2,3)11-18(4,5)10-13/h6-8,13H,9-11,19H2,1-5H3,(H,20,21). The second-order valence-corrected chi connectivity index (χ2v) is 8.12. The van der Waals surface area contributed by atoms with Crippen molar-refractivity contribution in [3.05, 3.63) is 29.3 Å². The summed E-state index contributed by atoms with van der Waals surface area (Å²) in [4.78, 5) is 12.6. The monoisotopic (exact) mass is 288 g/mol. The van der Waals surface area contributed by atoms with E-state index < -0.39 is 0 Å². The summed E-state index contributed by atoms with van der Waals surface area (Å²) in [6.45, 7) is 11.1. The molecule has 1 aromatic rings. The fourth-order valence-corrected chi connectivity index (χ4v) is 4.21. The number of carbonyl (C=O) groups excluding carboxylic acids is 1. The molecule has 116 valence electrons. The molecule has 3 heteroatoms. The summed E-state index contributed by atoms with van der Waals surface area (Å²) in [5.74, 6) is -0.0379. The third kappa shape index (κ3) is 3.78. The lowest BCUT2D eigenvalue weighted by molar-refractivity contribution is 0.0714. The first kappa shape index (κ1) is 15.9. The number of carbonyl (C=O) groups is 1. The van der Waals surface area contributed by atoms with Crippen LogP contribution >= 0.6 is 0 Å². The Kier molecular flexibility index (Phi) is 4.05. The molecule has 1 aliphatic carbocycles. The highest BCUT2D eigenvalue weighted by atomic mass is 16.1. The van der Waals surface area contributed by atoms with Crippen LogP contribution < -0.4 is 11.1 Å². The SMILES string of the molecule is Cc1cccc(N)c1C(=O)NC1CC(C)(C)CC(C)(C)C1. The van der Waals surface area contributed by atoms with Gasteiger partial charge >= 0.3 is 0 Å². The van der Waals surface area contributed by atoms with Gasteiger partial charge < -0.3 is 11.1 Å². The van der Waals surface area contributed by atoms with Gasteiger partial charge in [0.15, 0.2) is 0 Å². The van der Waals surface area contributed by atoms with Crippen molar-refractivity contribution < 1.29 is 4.79 Å². The Bertz CT molecular complexity index is 510. The van der Waals surface area contributed by atoms with Crippen LogP contribution in [0.2, 0.25) is 0 Å². The molecular weight excluding hydrogens is 260 g/mol. The van der Waals surface area contributed by atoms with E-state index in [9.17, 15) is 4.79 Å². The number of aryl methyl sites for hydroxylation is 1. The van der Waals surface area contributed by atoms with E-state index in [0.29, 0.717) is 11.3 Å². The first-order chi connectivity index (χ1) is 9.60.